The fraction of sp³-hybridized carbons (Fsp3) is 0.389. The molecular weight excluding hydrogens is 335 g/mol. The van der Waals surface area contributed by atoms with Gasteiger partial charge in [0.2, 0.25) is 5.89 Å². The summed E-state index contributed by atoms with van der Waals surface area (Å²) in [6, 6.07) is 4.78. The molecule has 0 aliphatic heterocycles. The summed E-state index contributed by atoms with van der Waals surface area (Å²) < 4.78 is 18.5. The van der Waals surface area contributed by atoms with Crippen LogP contribution in [0, 0.1) is 12.7 Å². The number of aryl methyl sites for hydroxylation is 2. The van der Waals surface area contributed by atoms with Crippen molar-refractivity contribution < 1.29 is 8.91 Å². The van der Waals surface area contributed by atoms with Crippen molar-refractivity contribution in [1.29, 1.82) is 0 Å². The molecule has 7 nitrogen and oxygen atoms in total. The van der Waals surface area contributed by atoms with E-state index in [1.54, 1.807) is 26.1 Å². The van der Waals surface area contributed by atoms with Crippen molar-refractivity contribution in [1.82, 2.24) is 25.8 Å². The Morgan fingerprint density at radius 1 is 1.27 bits per heavy atom. The van der Waals surface area contributed by atoms with E-state index < -0.39 is 0 Å². The molecule has 0 aliphatic carbocycles. The first-order chi connectivity index (χ1) is 12.7. The Labute approximate surface area is 151 Å². The van der Waals surface area contributed by atoms with Gasteiger partial charge in [0.25, 0.3) is 0 Å². The first-order valence-corrected chi connectivity index (χ1v) is 8.65. The van der Waals surface area contributed by atoms with Crippen LogP contribution in [0.1, 0.15) is 23.7 Å². The van der Waals surface area contributed by atoms with Gasteiger partial charge in [-0.2, -0.15) is 4.98 Å². The molecular formula is C18H23FN6O. The summed E-state index contributed by atoms with van der Waals surface area (Å²) in [6.07, 6.45) is 4.29. The number of nitrogens with zero attached hydrogens (tertiary/aromatic N) is 3. The van der Waals surface area contributed by atoms with E-state index in [1.165, 1.54) is 6.07 Å². The molecule has 0 aliphatic rings. The number of halogens is 1. The molecule has 3 aromatic rings. The summed E-state index contributed by atoms with van der Waals surface area (Å²) in [4.78, 5) is 11.5. The summed E-state index contributed by atoms with van der Waals surface area (Å²) in [5, 5.41) is 11.2. The van der Waals surface area contributed by atoms with E-state index in [4.69, 9.17) is 4.52 Å². The fourth-order valence-corrected chi connectivity index (χ4v) is 2.78. The van der Waals surface area contributed by atoms with Crippen LogP contribution in [0.15, 0.2) is 33.9 Å². The quantitative estimate of drug-likeness (QED) is 0.343. The van der Waals surface area contributed by atoms with Gasteiger partial charge in [-0.25, -0.2) is 4.39 Å². The first kappa shape index (κ1) is 17.9. The van der Waals surface area contributed by atoms with Crippen LogP contribution in [-0.2, 0) is 12.8 Å². The zero-order chi connectivity index (χ0) is 18.4. The van der Waals surface area contributed by atoms with Gasteiger partial charge in [-0.05, 0) is 43.5 Å². The molecule has 0 radical (unpaired) electrons. The number of benzene rings is 1. The molecule has 0 fully saturated rings. The molecule has 3 rings (SSSR count). The molecule has 26 heavy (non-hydrogen) atoms. The Hall–Kier alpha value is -2.90. The van der Waals surface area contributed by atoms with Crippen LogP contribution in [0.5, 0.6) is 0 Å². The number of nitrogens with one attached hydrogen (secondary N) is 3. The Balaban J connectivity index is 1.41. The Morgan fingerprint density at radius 3 is 2.88 bits per heavy atom. The maximum atomic E-state index is 13.4. The van der Waals surface area contributed by atoms with Crippen LogP contribution in [0.3, 0.4) is 0 Å². The minimum atomic E-state index is -0.222. The molecule has 138 valence electrons. The average Bonchev–Trinajstić information content (AvgIpc) is 3.23. The standard InChI is InChI=1S/C18H23FN6O/c1-12-24-17(26-25-12)4-3-8-21-18(20-2)22-9-7-13-11-23-16-6-5-14(19)10-15(13)16/h5-6,10-11,23H,3-4,7-9H2,1-2H3,(H2,20,21,22). The molecule has 2 aromatic heterocycles. The van der Waals surface area contributed by atoms with E-state index in [1.807, 2.05) is 6.20 Å². The van der Waals surface area contributed by atoms with Crippen molar-refractivity contribution in [2.75, 3.05) is 20.1 Å². The lowest BCUT2D eigenvalue weighted by atomic mass is 10.1. The van der Waals surface area contributed by atoms with Gasteiger partial charge in [-0.15, -0.1) is 0 Å². The third kappa shape index (κ3) is 4.59. The van der Waals surface area contributed by atoms with Crippen LogP contribution >= 0.6 is 0 Å². The zero-order valence-electron chi connectivity index (χ0n) is 15.0. The summed E-state index contributed by atoms with van der Waals surface area (Å²) in [5.74, 6) is 1.82. The number of rotatable bonds is 7. The zero-order valence-corrected chi connectivity index (χ0v) is 15.0. The van der Waals surface area contributed by atoms with Crippen molar-refractivity contribution >= 4 is 16.9 Å². The molecule has 2 heterocycles. The number of aromatic amines is 1. The number of hydrogen-bond acceptors (Lipinski definition) is 4. The number of guanidine groups is 1. The van der Waals surface area contributed by atoms with E-state index in [2.05, 4.69) is 30.8 Å². The number of aromatic nitrogens is 3. The molecule has 0 saturated heterocycles. The highest BCUT2D eigenvalue weighted by Crippen LogP contribution is 2.19. The smallest absolute Gasteiger partial charge is 0.226 e. The third-order valence-electron chi connectivity index (χ3n) is 4.07. The minimum absolute atomic E-state index is 0.222. The van der Waals surface area contributed by atoms with Gasteiger partial charge in [0, 0.05) is 43.7 Å². The molecule has 0 amide bonds. The predicted octanol–water partition coefficient (Wildman–Crippen LogP) is 2.34. The van der Waals surface area contributed by atoms with Gasteiger partial charge in [-0.3, -0.25) is 4.99 Å². The van der Waals surface area contributed by atoms with Crippen LogP contribution in [-0.4, -0.2) is 41.2 Å². The van der Waals surface area contributed by atoms with Gasteiger partial charge in [0.05, 0.1) is 0 Å². The molecule has 0 unspecified atom stereocenters. The normalized spacial score (nSPS) is 11.9. The third-order valence-corrected chi connectivity index (χ3v) is 4.07. The lowest BCUT2D eigenvalue weighted by molar-refractivity contribution is 0.372. The van der Waals surface area contributed by atoms with Crippen molar-refractivity contribution in [3.63, 3.8) is 0 Å². The lowest BCUT2D eigenvalue weighted by Gasteiger charge is -2.11. The predicted molar refractivity (Wildman–Crippen MR) is 98.7 cm³/mol. The summed E-state index contributed by atoms with van der Waals surface area (Å²) >= 11 is 0. The SMILES string of the molecule is CN=C(NCCCc1nc(C)no1)NCCc1c[nH]c2ccc(F)cc12. The second kappa shape index (κ2) is 8.46. The number of hydrogen-bond donors (Lipinski definition) is 3. The van der Waals surface area contributed by atoms with Crippen LogP contribution < -0.4 is 10.6 Å². The Bertz CT molecular complexity index is 885. The minimum Gasteiger partial charge on any atom is -0.361 e. The van der Waals surface area contributed by atoms with Gasteiger partial charge in [-0.1, -0.05) is 5.16 Å². The summed E-state index contributed by atoms with van der Waals surface area (Å²) in [7, 11) is 1.73. The Kier molecular flexibility index (Phi) is 5.83. The van der Waals surface area contributed by atoms with Crippen molar-refractivity contribution in [2.24, 2.45) is 4.99 Å². The first-order valence-electron chi connectivity index (χ1n) is 8.65. The number of fused-ring (bicyclic) bond motifs is 1. The van der Waals surface area contributed by atoms with E-state index in [0.29, 0.717) is 18.3 Å². The Morgan fingerprint density at radius 2 is 2.12 bits per heavy atom. The van der Waals surface area contributed by atoms with Crippen LogP contribution in [0.4, 0.5) is 4.39 Å². The molecule has 1 aromatic carbocycles. The van der Waals surface area contributed by atoms with E-state index in [-0.39, 0.29) is 5.82 Å². The van der Waals surface area contributed by atoms with E-state index in [0.717, 1.165) is 48.2 Å². The van der Waals surface area contributed by atoms with Crippen LogP contribution in [0.25, 0.3) is 10.9 Å². The molecule has 0 atom stereocenters. The number of aliphatic imine (C=N–C) groups is 1. The molecule has 0 spiro atoms. The lowest BCUT2D eigenvalue weighted by Crippen LogP contribution is -2.38. The van der Waals surface area contributed by atoms with E-state index >= 15 is 0 Å². The average molecular weight is 358 g/mol. The number of H-pyrrole nitrogens is 1. The fourth-order valence-electron chi connectivity index (χ4n) is 2.78. The summed E-state index contributed by atoms with van der Waals surface area (Å²) in [6.45, 7) is 3.25. The van der Waals surface area contributed by atoms with E-state index in [9.17, 15) is 4.39 Å². The second-order valence-electron chi connectivity index (χ2n) is 6.02. The van der Waals surface area contributed by atoms with Gasteiger partial charge < -0.3 is 20.1 Å². The topological polar surface area (TPSA) is 91.1 Å². The summed E-state index contributed by atoms with van der Waals surface area (Å²) in [5.41, 5.74) is 2.02. The monoisotopic (exact) mass is 358 g/mol. The highest BCUT2D eigenvalue weighted by molar-refractivity contribution is 5.83. The highest BCUT2D eigenvalue weighted by Gasteiger charge is 2.06. The largest absolute Gasteiger partial charge is 0.361 e. The molecule has 3 N–H and O–H groups in total. The second-order valence-corrected chi connectivity index (χ2v) is 6.02. The maximum Gasteiger partial charge on any atom is 0.226 e. The molecule has 8 heteroatoms. The maximum absolute atomic E-state index is 13.4. The van der Waals surface area contributed by atoms with Crippen molar-refractivity contribution in [3.8, 4) is 0 Å². The van der Waals surface area contributed by atoms with Gasteiger partial charge in [0.15, 0.2) is 11.8 Å². The van der Waals surface area contributed by atoms with Crippen molar-refractivity contribution in [2.45, 2.75) is 26.2 Å². The van der Waals surface area contributed by atoms with Crippen LogP contribution in [0.2, 0.25) is 0 Å². The van der Waals surface area contributed by atoms with Gasteiger partial charge in [0.1, 0.15) is 5.82 Å². The highest BCUT2D eigenvalue weighted by atomic mass is 19.1. The van der Waals surface area contributed by atoms with Gasteiger partial charge >= 0.3 is 0 Å². The molecule has 0 bridgehead atoms. The molecule has 0 saturated carbocycles. The van der Waals surface area contributed by atoms with Crippen molar-refractivity contribution in [3.05, 3.63) is 47.5 Å².